The van der Waals surface area contributed by atoms with Gasteiger partial charge in [-0.05, 0) is 53.7 Å². The number of hydrogen-bond donors (Lipinski definition) is 1. The third kappa shape index (κ3) is 6.36. The van der Waals surface area contributed by atoms with Crippen LogP contribution in [0.4, 0.5) is 0 Å². The van der Waals surface area contributed by atoms with Crippen LogP contribution in [0.15, 0.2) is 54.3 Å². The Balaban J connectivity index is 1.44. The molecule has 0 radical (unpaired) electrons. The Hall–Kier alpha value is -2.75. The Morgan fingerprint density at radius 1 is 1.00 bits per heavy atom. The van der Waals surface area contributed by atoms with Crippen LogP contribution in [0.25, 0.3) is 11.1 Å². The van der Waals surface area contributed by atoms with Crippen LogP contribution >= 0.6 is 0 Å². The summed E-state index contributed by atoms with van der Waals surface area (Å²) in [5.41, 5.74) is 6.37. The Morgan fingerprint density at radius 3 is 2.56 bits per heavy atom. The number of carbonyl (C=O) groups excluding carboxylic acids is 1. The van der Waals surface area contributed by atoms with Gasteiger partial charge in [0.25, 0.3) is 5.91 Å². The zero-order valence-electron chi connectivity index (χ0n) is 22.7. The Labute approximate surface area is 230 Å². The van der Waals surface area contributed by atoms with E-state index < -0.39 is 6.29 Å². The summed E-state index contributed by atoms with van der Waals surface area (Å²) in [4.78, 5) is 15.4. The molecule has 0 saturated carbocycles. The minimum absolute atomic E-state index is 0.000234. The normalized spacial score (nSPS) is 22.2. The number of aliphatic hydroxyl groups is 1. The number of benzene rings is 2. The molecule has 0 aromatic heterocycles. The van der Waals surface area contributed by atoms with E-state index >= 15 is 0 Å². The highest BCUT2D eigenvalue weighted by Gasteiger charge is 2.40. The lowest BCUT2D eigenvalue weighted by Gasteiger charge is -2.39. The van der Waals surface area contributed by atoms with Crippen molar-refractivity contribution in [1.29, 1.82) is 0 Å². The van der Waals surface area contributed by atoms with E-state index in [1.165, 1.54) is 27.8 Å². The van der Waals surface area contributed by atoms with Crippen LogP contribution in [0.5, 0.6) is 0 Å². The van der Waals surface area contributed by atoms with Gasteiger partial charge < -0.3 is 33.7 Å². The first kappa shape index (κ1) is 27.8. The SMILES string of the molecule is CCO[C@H]1OC(C(=O)N2CCOCC2)=C[C@@H](c2cccc3c2Cc2ccccc2-3)[C@@H]1CCOCCOCCO. The summed E-state index contributed by atoms with van der Waals surface area (Å²) in [6, 6.07) is 15.1. The zero-order valence-corrected chi connectivity index (χ0v) is 22.7. The number of aliphatic hydroxyl groups excluding tert-OH is 1. The fraction of sp³-hybridized carbons (Fsp3) is 0.516. The summed E-state index contributed by atoms with van der Waals surface area (Å²) in [5.74, 6) is 0.121. The monoisotopic (exact) mass is 537 g/mol. The molecule has 1 amide bonds. The van der Waals surface area contributed by atoms with Gasteiger partial charge in [-0.3, -0.25) is 4.79 Å². The van der Waals surface area contributed by atoms with Crippen molar-refractivity contribution in [2.75, 3.05) is 65.9 Å². The van der Waals surface area contributed by atoms with Crippen LogP contribution in [0.3, 0.4) is 0 Å². The first-order chi connectivity index (χ1) is 19.2. The molecule has 1 N–H and O–H groups in total. The van der Waals surface area contributed by atoms with Crippen LogP contribution < -0.4 is 0 Å². The van der Waals surface area contributed by atoms with Crippen molar-refractivity contribution in [3.63, 3.8) is 0 Å². The zero-order chi connectivity index (χ0) is 27.0. The molecule has 2 aromatic rings. The molecule has 2 aliphatic heterocycles. The van der Waals surface area contributed by atoms with Crippen molar-refractivity contribution in [3.05, 3.63) is 71.0 Å². The van der Waals surface area contributed by atoms with Gasteiger partial charge in [0.2, 0.25) is 6.29 Å². The van der Waals surface area contributed by atoms with Crippen LogP contribution in [-0.2, 0) is 34.9 Å². The molecule has 210 valence electrons. The summed E-state index contributed by atoms with van der Waals surface area (Å²) in [6.07, 6.45) is 3.01. The van der Waals surface area contributed by atoms with Gasteiger partial charge in [0.15, 0.2) is 5.76 Å². The minimum Gasteiger partial charge on any atom is -0.459 e. The molecule has 39 heavy (non-hydrogen) atoms. The Kier molecular flexibility index (Phi) is 9.66. The van der Waals surface area contributed by atoms with E-state index in [9.17, 15) is 4.79 Å². The van der Waals surface area contributed by atoms with Gasteiger partial charge in [0.05, 0.1) is 39.6 Å². The second-order valence-corrected chi connectivity index (χ2v) is 10.0. The molecule has 1 fully saturated rings. The largest absolute Gasteiger partial charge is 0.459 e. The highest BCUT2D eigenvalue weighted by Crippen LogP contribution is 2.45. The molecule has 2 heterocycles. The molecule has 1 saturated heterocycles. The van der Waals surface area contributed by atoms with Crippen molar-refractivity contribution in [2.45, 2.75) is 32.0 Å². The summed E-state index contributed by atoms with van der Waals surface area (Å²) in [7, 11) is 0. The number of carbonyl (C=O) groups is 1. The average molecular weight is 538 g/mol. The van der Waals surface area contributed by atoms with Gasteiger partial charge >= 0.3 is 0 Å². The molecule has 1 aliphatic carbocycles. The highest BCUT2D eigenvalue weighted by atomic mass is 16.7. The number of fused-ring (bicyclic) bond motifs is 3. The Bertz CT molecular complexity index is 1140. The van der Waals surface area contributed by atoms with Gasteiger partial charge in [-0.2, -0.15) is 0 Å². The molecule has 3 aliphatic rings. The van der Waals surface area contributed by atoms with E-state index in [2.05, 4.69) is 42.5 Å². The molecule has 3 atom stereocenters. The molecule has 0 unspecified atom stereocenters. The molecular weight excluding hydrogens is 498 g/mol. The number of hydrogen-bond acceptors (Lipinski definition) is 7. The van der Waals surface area contributed by atoms with E-state index in [0.717, 1.165) is 6.42 Å². The van der Waals surface area contributed by atoms with Crippen molar-refractivity contribution >= 4 is 5.91 Å². The fourth-order valence-corrected chi connectivity index (χ4v) is 5.81. The highest BCUT2D eigenvalue weighted by molar-refractivity contribution is 5.92. The number of morpholine rings is 1. The third-order valence-corrected chi connectivity index (χ3v) is 7.67. The quantitative estimate of drug-likeness (QED) is 0.354. The van der Waals surface area contributed by atoms with E-state index in [1.54, 1.807) is 4.90 Å². The van der Waals surface area contributed by atoms with Crippen LogP contribution in [0.1, 0.15) is 36.0 Å². The van der Waals surface area contributed by atoms with Gasteiger partial charge in [0.1, 0.15) is 0 Å². The number of amides is 1. The van der Waals surface area contributed by atoms with E-state index in [-0.39, 0.29) is 24.3 Å². The average Bonchev–Trinajstić information content (AvgIpc) is 3.36. The lowest BCUT2D eigenvalue weighted by Crippen LogP contribution is -2.44. The van der Waals surface area contributed by atoms with E-state index in [0.29, 0.717) is 71.5 Å². The van der Waals surface area contributed by atoms with Gasteiger partial charge in [0, 0.05) is 38.1 Å². The van der Waals surface area contributed by atoms with Crippen molar-refractivity contribution in [2.24, 2.45) is 5.92 Å². The smallest absolute Gasteiger partial charge is 0.288 e. The second kappa shape index (κ2) is 13.5. The molecule has 0 spiro atoms. The summed E-state index contributed by atoms with van der Waals surface area (Å²) in [5, 5.41) is 8.89. The third-order valence-electron chi connectivity index (χ3n) is 7.67. The fourth-order valence-electron chi connectivity index (χ4n) is 5.81. The predicted octanol–water partition coefficient (Wildman–Crippen LogP) is 3.51. The molecule has 8 nitrogen and oxygen atoms in total. The molecule has 0 bridgehead atoms. The van der Waals surface area contributed by atoms with Gasteiger partial charge in [-0.1, -0.05) is 42.5 Å². The maximum Gasteiger partial charge on any atom is 0.288 e. The summed E-state index contributed by atoms with van der Waals surface area (Å²) < 4.78 is 29.1. The summed E-state index contributed by atoms with van der Waals surface area (Å²) >= 11 is 0. The van der Waals surface area contributed by atoms with Crippen molar-refractivity contribution in [1.82, 2.24) is 4.90 Å². The molecule has 5 rings (SSSR count). The van der Waals surface area contributed by atoms with E-state index in [1.807, 2.05) is 13.0 Å². The minimum atomic E-state index is -0.570. The maximum atomic E-state index is 13.5. The first-order valence-electron chi connectivity index (χ1n) is 14.0. The first-order valence-corrected chi connectivity index (χ1v) is 14.0. The van der Waals surface area contributed by atoms with Crippen LogP contribution in [0, 0.1) is 5.92 Å². The molecule has 8 heteroatoms. The van der Waals surface area contributed by atoms with Crippen LogP contribution in [-0.4, -0.2) is 88.1 Å². The maximum absolute atomic E-state index is 13.5. The summed E-state index contributed by atoms with van der Waals surface area (Å²) in [6.45, 7) is 6.28. The van der Waals surface area contributed by atoms with Gasteiger partial charge in [-0.25, -0.2) is 0 Å². The van der Waals surface area contributed by atoms with Crippen molar-refractivity contribution < 1.29 is 33.6 Å². The number of rotatable bonds is 12. The molecule has 2 aromatic carbocycles. The standard InChI is InChI=1S/C31H39NO7/c1-2-38-31-26(10-14-35-18-19-37-17-13-33)28(21-29(39-31)30(34)32-11-15-36-16-12-32)25-9-5-8-24-23-7-4-3-6-22(23)20-27(24)25/h3-9,21,26,28,31,33H,2,10-20H2,1H3/t26-,28-,31-/m0/s1. The predicted molar refractivity (Wildman–Crippen MR) is 146 cm³/mol. The molecular formula is C31H39NO7. The topological polar surface area (TPSA) is 86.7 Å². The lowest BCUT2D eigenvalue weighted by atomic mass is 9.78. The van der Waals surface area contributed by atoms with Crippen molar-refractivity contribution in [3.8, 4) is 11.1 Å². The second-order valence-electron chi connectivity index (χ2n) is 10.0. The van der Waals surface area contributed by atoms with Gasteiger partial charge in [-0.15, -0.1) is 0 Å². The number of allylic oxidation sites excluding steroid dienone is 1. The lowest BCUT2D eigenvalue weighted by molar-refractivity contribution is -0.173. The number of ether oxygens (including phenoxy) is 5. The Morgan fingerprint density at radius 2 is 1.77 bits per heavy atom. The van der Waals surface area contributed by atoms with E-state index in [4.69, 9.17) is 28.8 Å². The number of nitrogens with zero attached hydrogens (tertiary/aromatic N) is 1. The van der Waals surface area contributed by atoms with Crippen LogP contribution in [0.2, 0.25) is 0 Å².